The van der Waals surface area contributed by atoms with Crippen LogP contribution in [0.1, 0.15) is 44.9 Å². The Labute approximate surface area is 135 Å². The van der Waals surface area contributed by atoms with Crippen LogP contribution in [0.15, 0.2) is 21.3 Å². The summed E-state index contributed by atoms with van der Waals surface area (Å²) >= 11 is 1.62. The van der Waals surface area contributed by atoms with Gasteiger partial charge >= 0.3 is 0 Å². The number of rotatable bonds is 6. The van der Waals surface area contributed by atoms with E-state index in [1.807, 2.05) is 23.8 Å². The Morgan fingerprint density at radius 1 is 1.41 bits per heavy atom. The second-order valence-electron chi connectivity index (χ2n) is 6.09. The fourth-order valence-corrected chi connectivity index (χ4v) is 3.76. The van der Waals surface area contributed by atoms with Gasteiger partial charge in [-0.1, -0.05) is 24.4 Å². The van der Waals surface area contributed by atoms with E-state index in [9.17, 15) is 5.11 Å². The van der Waals surface area contributed by atoms with Crippen LogP contribution in [-0.2, 0) is 6.54 Å². The zero-order valence-corrected chi connectivity index (χ0v) is 13.8. The summed E-state index contributed by atoms with van der Waals surface area (Å²) in [6, 6.07) is 2.51. The Balaban J connectivity index is 1.69. The molecule has 120 valence electrons. The minimum Gasteiger partial charge on any atom is -0.392 e. The Morgan fingerprint density at radius 3 is 2.91 bits per heavy atom. The molecule has 1 fully saturated rings. The fourth-order valence-electron chi connectivity index (χ4n) is 3.13. The molecule has 0 spiro atoms. The lowest BCUT2D eigenvalue weighted by Crippen LogP contribution is -2.40. The van der Waals surface area contributed by atoms with Crippen LogP contribution in [0.3, 0.4) is 0 Å². The molecular weight excluding hydrogens is 298 g/mol. The van der Waals surface area contributed by atoms with Gasteiger partial charge in [0.05, 0.1) is 12.6 Å². The molecule has 22 heavy (non-hydrogen) atoms. The van der Waals surface area contributed by atoms with Gasteiger partial charge in [-0.05, 0) is 31.2 Å². The highest BCUT2D eigenvalue weighted by Gasteiger charge is 2.24. The van der Waals surface area contributed by atoms with Crippen LogP contribution in [0.5, 0.6) is 0 Å². The highest BCUT2D eigenvalue weighted by atomic mass is 32.1. The zero-order chi connectivity index (χ0) is 15.4. The number of aromatic nitrogens is 2. The van der Waals surface area contributed by atoms with E-state index in [-0.39, 0.29) is 6.10 Å². The fraction of sp³-hybridized carbons (Fsp3) is 0.625. The van der Waals surface area contributed by atoms with Crippen LogP contribution in [0.2, 0.25) is 0 Å². The van der Waals surface area contributed by atoms with Gasteiger partial charge in [0.15, 0.2) is 0 Å². The molecule has 0 amide bonds. The molecule has 0 aliphatic heterocycles. The average molecular weight is 321 g/mol. The van der Waals surface area contributed by atoms with E-state index in [0.717, 1.165) is 5.56 Å². The Hall–Kier alpha value is -1.24. The summed E-state index contributed by atoms with van der Waals surface area (Å²) in [6.07, 6.45) is 5.90. The van der Waals surface area contributed by atoms with Gasteiger partial charge < -0.3 is 9.63 Å². The van der Waals surface area contributed by atoms with Gasteiger partial charge in [-0.25, -0.2) is 0 Å². The third-order valence-corrected chi connectivity index (χ3v) is 4.86. The van der Waals surface area contributed by atoms with Gasteiger partial charge in [0.2, 0.25) is 11.7 Å². The average Bonchev–Trinajstić information content (AvgIpc) is 3.18. The summed E-state index contributed by atoms with van der Waals surface area (Å²) in [5.41, 5.74) is 1.000. The molecular formula is C16H23N3O2S. The van der Waals surface area contributed by atoms with Crippen molar-refractivity contribution in [2.24, 2.45) is 0 Å². The summed E-state index contributed by atoms with van der Waals surface area (Å²) in [5.74, 6) is 1.28. The number of hydrogen-bond donors (Lipinski definition) is 1. The molecule has 3 rings (SSSR count). The minimum atomic E-state index is -0.346. The van der Waals surface area contributed by atoms with E-state index < -0.39 is 0 Å². The highest BCUT2D eigenvalue weighted by molar-refractivity contribution is 7.08. The Bertz CT molecular complexity index is 562. The van der Waals surface area contributed by atoms with Crippen molar-refractivity contribution in [2.45, 2.75) is 57.7 Å². The second kappa shape index (κ2) is 7.35. The second-order valence-corrected chi connectivity index (χ2v) is 6.87. The van der Waals surface area contributed by atoms with E-state index in [4.69, 9.17) is 4.52 Å². The summed E-state index contributed by atoms with van der Waals surface area (Å²) in [6.45, 7) is 3.11. The van der Waals surface area contributed by atoms with Gasteiger partial charge in [0.25, 0.3) is 0 Å². The maximum absolute atomic E-state index is 9.78. The molecule has 1 unspecified atom stereocenters. The van der Waals surface area contributed by atoms with E-state index in [0.29, 0.717) is 30.8 Å². The number of aliphatic hydroxyl groups is 1. The quantitative estimate of drug-likeness (QED) is 0.884. The van der Waals surface area contributed by atoms with Gasteiger partial charge in [0.1, 0.15) is 0 Å². The lowest BCUT2D eigenvalue weighted by atomic mass is 9.94. The van der Waals surface area contributed by atoms with E-state index >= 15 is 0 Å². The zero-order valence-electron chi connectivity index (χ0n) is 12.9. The van der Waals surface area contributed by atoms with Crippen LogP contribution in [0.4, 0.5) is 0 Å². The van der Waals surface area contributed by atoms with Crippen molar-refractivity contribution in [3.05, 3.63) is 22.7 Å². The highest BCUT2D eigenvalue weighted by Crippen LogP contribution is 2.25. The van der Waals surface area contributed by atoms with Crippen LogP contribution < -0.4 is 0 Å². The molecule has 0 bridgehead atoms. The van der Waals surface area contributed by atoms with Crippen LogP contribution >= 0.6 is 11.3 Å². The molecule has 1 atom stereocenters. The molecule has 5 nitrogen and oxygen atoms in total. The van der Waals surface area contributed by atoms with Crippen molar-refractivity contribution in [1.82, 2.24) is 15.0 Å². The Morgan fingerprint density at radius 2 is 2.23 bits per heavy atom. The molecule has 0 saturated heterocycles. The molecule has 1 N–H and O–H groups in total. The molecule has 6 heteroatoms. The number of nitrogens with zero attached hydrogens (tertiary/aromatic N) is 3. The smallest absolute Gasteiger partial charge is 0.241 e. The van der Waals surface area contributed by atoms with Crippen molar-refractivity contribution in [2.75, 3.05) is 6.54 Å². The first kappa shape index (κ1) is 15.6. The molecule has 1 aliphatic rings. The SMILES string of the molecule is CC(O)CN(Cc1nc(-c2ccsc2)no1)C1CCCCC1. The van der Waals surface area contributed by atoms with E-state index in [1.54, 1.807) is 11.3 Å². The maximum Gasteiger partial charge on any atom is 0.241 e. The van der Waals surface area contributed by atoms with Crippen molar-refractivity contribution in [1.29, 1.82) is 0 Å². The van der Waals surface area contributed by atoms with E-state index in [1.165, 1.54) is 32.1 Å². The molecule has 1 saturated carbocycles. The third kappa shape index (κ3) is 3.94. The largest absolute Gasteiger partial charge is 0.392 e. The van der Waals surface area contributed by atoms with E-state index in [2.05, 4.69) is 15.0 Å². The minimum absolute atomic E-state index is 0.346. The summed E-state index contributed by atoms with van der Waals surface area (Å²) in [7, 11) is 0. The van der Waals surface area contributed by atoms with Gasteiger partial charge in [-0.3, -0.25) is 4.90 Å². The first-order valence-corrected chi connectivity index (χ1v) is 8.94. The molecule has 1 aliphatic carbocycles. The predicted octanol–water partition coefficient (Wildman–Crippen LogP) is 3.31. The monoisotopic (exact) mass is 321 g/mol. The normalized spacial score (nSPS) is 18.0. The molecule has 2 aromatic heterocycles. The topological polar surface area (TPSA) is 62.4 Å². The molecule has 2 aromatic rings. The maximum atomic E-state index is 9.78. The lowest BCUT2D eigenvalue weighted by molar-refractivity contribution is 0.0689. The van der Waals surface area contributed by atoms with Gasteiger partial charge in [-0.2, -0.15) is 16.3 Å². The lowest BCUT2D eigenvalue weighted by Gasteiger charge is -2.34. The van der Waals surface area contributed by atoms with Gasteiger partial charge in [-0.15, -0.1) is 0 Å². The van der Waals surface area contributed by atoms with Crippen LogP contribution in [0, 0.1) is 0 Å². The molecule has 0 aromatic carbocycles. The number of aliphatic hydroxyl groups excluding tert-OH is 1. The third-order valence-electron chi connectivity index (χ3n) is 4.18. The standard InChI is InChI=1S/C16H23N3O2S/c1-12(20)9-19(14-5-3-2-4-6-14)10-15-17-16(18-21-15)13-7-8-22-11-13/h7-8,11-12,14,20H,2-6,9-10H2,1H3. The van der Waals surface area contributed by atoms with Crippen LogP contribution in [-0.4, -0.2) is 38.8 Å². The van der Waals surface area contributed by atoms with Crippen molar-refractivity contribution in [3.8, 4) is 11.4 Å². The predicted molar refractivity (Wildman–Crippen MR) is 86.6 cm³/mol. The molecule has 2 heterocycles. The summed E-state index contributed by atoms with van der Waals surface area (Å²) in [4.78, 5) is 6.80. The van der Waals surface area contributed by atoms with Gasteiger partial charge in [0, 0.05) is 23.5 Å². The Kier molecular flexibility index (Phi) is 5.23. The van der Waals surface area contributed by atoms with Crippen molar-refractivity contribution < 1.29 is 9.63 Å². The summed E-state index contributed by atoms with van der Waals surface area (Å²) in [5, 5.41) is 17.9. The molecule has 0 radical (unpaired) electrons. The van der Waals surface area contributed by atoms with Crippen molar-refractivity contribution in [3.63, 3.8) is 0 Å². The number of hydrogen-bond acceptors (Lipinski definition) is 6. The number of thiophene rings is 1. The van der Waals surface area contributed by atoms with Crippen LogP contribution in [0.25, 0.3) is 11.4 Å². The van der Waals surface area contributed by atoms with Crippen molar-refractivity contribution >= 4 is 11.3 Å². The first-order chi connectivity index (χ1) is 10.7. The summed E-state index contributed by atoms with van der Waals surface area (Å²) < 4.78 is 5.41. The first-order valence-electron chi connectivity index (χ1n) is 7.99.